The van der Waals surface area contributed by atoms with Gasteiger partial charge in [-0.2, -0.15) is 0 Å². The first-order valence-corrected chi connectivity index (χ1v) is 14.3. The molecule has 1 saturated heterocycles. The molecule has 8 nitrogen and oxygen atoms in total. The van der Waals surface area contributed by atoms with Crippen LogP contribution in [0.15, 0.2) is 53.4 Å². The van der Waals surface area contributed by atoms with Crippen molar-refractivity contribution in [1.82, 2.24) is 4.90 Å². The van der Waals surface area contributed by atoms with Crippen molar-refractivity contribution in [3.8, 4) is 0 Å². The molecule has 1 atom stereocenters. The summed E-state index contributed by atoms with van der Waals surface area (Å²) in [5.74, 6) is -1.15. The molecule has 2 N–H and O–H groups in total. The average Bonchev–Trinajstić information content (AvgIpc) is 3.02. The zero-order valence-electron chi connectivity index (χ0n) is 20.7. The molecule has 2 aromatic carbocycles. The molecule has 1 saturated carbocycles. The molecule has 0 bridgehead atoms. The molecular weight excluding hydrogens is 593 g/mol. The molecule has 1 unspecified atom stereocenters. The van der Waals surface area contributed by atoms with Crippen LogP contribution in [0.2, 0.25) is 0 Å². The van der Waals surface area contributed by atoms with E-state index >= 15 is 0 Å². The number of imide groups is 1. The average molecular weight is 624 g/mol. The Hall–Kier alpha value is -2.31. The van der Waals surface area contributed by atoms with E-state index < -0.39 is 22.0 Å². The quantitative estimate of drug-likeness (QED) is 0.375. The van der Waals surface area contributed by atoms with Crippen molar-refractivity contribution in [3.63, 3.8) is 0 Å². The number of benzene rings is 2. The molecule has 1 aliphatic carbocycles. The highest BCUT2D eigenvalue weighted by Crippen LogP contribution is 2.69. The molecule has 3 amide bonds. The van der Waals surface area contributed by atoms with Crippen LogP contribution >= 0.6 is 22.6 Å². The van der Waals surface area contributed by atoms with Crippen molar-refractivity contribution in [2.75, 3.05) is 11.4 Å². The Labute approximate surface area is 225 Å². The maximum Gasteiger partial charge on any atom is 0.257 e. The molecule has 36 heavy (non-hydrogen) atoms. The van der Waals surface area contributed by atoms with E-state index in [0.29, 0.717) is 12.1 Å². The van der Waals surface area contributed by atoms with Gasteiger partial charge in [-0.1, -0.05) is 39.8 Å². The molecule has 10 heteroatoms. The summed E-state index contributed by atoms with van der Waals surface area (Å²) in [5.41, 5.74) is 0.814. The fraction of sp³-hybridized carbons (Fsp3) is 0.423. The number of amides is 3. The zero-order chi connectivity index (χ0) is 26.6. The number of rotatable bonds is 7. The lowest BCUT2D eigenvalue weighted by Gasteiger charge is -2.29. The Morgan fingerprint density at radius 3 is 2.08 bits per heavy atom. The summed E-state index contributed by atoms with van der Waals surface area (Å²) in [4.78, 5) is 43.0. The van der Waals surface area contributed by atoms with Crippen LogP contribution in [0.25, 0.3) is 0 Å². The second-order valence-electron chi connectivity index (χ2n) is 10.6. The zero-order valence-corrected chi connectivity index (χ0v) is 23.7. The van der Waals surface area contributed by atoms with Gasteiger partial charge in [0.25, 0.3) is 5.91 Å². The summed E-state index contributed by atoms with van der Waals surface area (Å²) in [7, 11) is -3.81. The molecular formula is C26H30IN3O5S. The van der Waals surface area contributed by atoms with Crippen molar-refractivity contribution in [3.05, 3.63) is 57.7 Å². The fourth-order valence-corrected chi connectivity index (χ4v) is 6.09. The second-order valence-corrected chi connectivity index (χ2v) is 13.4. The van der Waals surface area contributed by atoms with Gasteiger partial charge in [-0.05, 0) is 81.8 Å². The largest absolute Gasteiger partial charge is 0.329 e. The number of carbonyl (C=O) groups is 3. The number of sulfonamides is 1. The lowest BCUT2D eigenvalue weighted by Crippen LogP contribution is -2.47. The van der Waals surface area contributed by atoms with E-state index in [4.69, 9.17) is 5.14 Å². The number of nitrogens with zero attached hydrogens (tertiary/aromatic N) is 2. The highest BCUT2D eigenvalue weighted by atomic mass is 127. The van der Waals surface area contributed by atoms with E-state index in [-0.39, 0.29) is 46.4 Å². The predicted molar refractivity (Wildman–Crippen MR) is 144 cm³/mol. The number of hydrogen-bond donors (Lipinski definition) is 1. The topological polar surface area (TPSA) is 118 Å². The van der Waals surface area contributed by atoms with Gasteiger partial charge < -0.3 is 4.90 Å². The van der Waals surface area contributed by atoms with Crippen molar-refractivity contribution in [2.24, 2.45) is 21.9 Å². The first kappa shape index (κ1) is 26.7. The third-order valence-electron chi connectivity index (χ3n) is 8.03. The van der Waals surface area contributed by atoms with Crippen LogP contribution in [0.1, 0.15) is 39.7 Å². The van der Waals surface area contributed by atoms with Gasteiger partial charge in [0.2, 0.25) is 21.8 Å². The number of primary sulfonamides is 1. The third kappa shape index (κ3) is 4.70. The molecule has 4 rings (SSSR count). The van der Waals surface area contributed by atoms with Crippen LogP contribution in [0.3, 0.4) is 0 Å². The Morgan fingerprint density at radius 2 is 1.58 bits per heavy atom. The lowest BCUT2D eigenvalue weighted by molar-refractivity contribution is -0.140. The van der Waals surface area contributed by atoms with Crippen LogP contribution < -0.4 is 10.0 Å². The van der Waals surface area contributed by atoms with Gasteiger partial charge in [-0.15, -0.1) is 0 Å². The summed E-state index contributed by atoms with van der Waals surface area (Å²) in [6.07, 6.45) is 0.320. The number of carbonyl (C=O) groups excluding carboxylic acids is 3. The Bertz CT molecular complexity index is 1310. The molecule has 2 aliphatic rings. The summed E-state index contributed by atoms with van der Waals surface area (Å²) in [6, 6.07) is 12.4. The van der Waals surface area contributed by atoms with Gasteiger partial charge >= 0.3 is 0 Å². The first-order valence-electron chi connectivity index (χ1n) is 11.7. The summed E-state index contributed by atoms with van der Waals surface area (Å²) >= 11 is 2.16. The second kappa shape index (κ2) is 9.21. The molecule has 0 aromatic heterocycles. The smallest absolute Gasteiger partial charge is 0.257 e. The van der Waals surface area contributed by atoms with Crippen molar-refractivity contribution in [1.29, 1.82) is 0 Å². The third-order valence-corrected chi connectivity index (χ3v) is 9.68. The fourth-order valence-electron chi connectivity index (χ4n) is 5.22. The number of nitrogens with two attached hydrogens (primary N) is 1. The van der Waals surface area contributed by atoms with E-state index in [0.717, 1.165) is 9.13 Å². The molecule has 2 aromatic rings. The number of halogens is 1. The SMILES string of the molecule is CC1(C)C(C(=O)N(CCc2ccc(S(N)(=O)=O)cc2)C2CC(=O)N(c3ccc(I)cc3)C2=O)C1(C)C. The standard InChI is InChI=1S/C26H30IN3O5S/c1-25(2)22(26(25,3)4)24(33)29(14-13-16-5-11-19(12-6-16)36(28,34)35)20-15-21(31)30(23(20)32)18-9-7-17(27)8-10-18/h5-12,20,22H,13-15H2,1-4H3,(H2,28,34,35). The molecule has 1 aliphatic heterocycles. The van der Waals surface area contributed by atoms with Crippen LogP contribution in [0.4, 0.5) is 5.69 Å². The minimum Gasteiger partial charge on any atom is -0.329 e. The van der Waals surface area contributed by atoms with Crippen molar-refractivity contribution in [2.45, 2.75) is 51.5 Å². The highest BCUT2D eigenvalue weighted by molar-refractivity contribution is 14.1. The summed E-state index contributed by atoms with van der Waals surface area (Å²) in [6.45, 7) is 8.39. The molecule has 0 spiro atoms. The minimum atomic E-state index is -3.81. The van der Waals surface area contributed by atoms with Gasteiger partial charge in [0.05, 0.1) is 17.0 Å². The van der Waals surface area contributed by atoms with E-state index in [1.54, 1.807) is 29.2 Å². The van der Waals surface area contributed by atoms with Crippen LogP contribution in [-0.2, 0) is 30.8 Å². The first-order chi connectivity index (χ1) is 16.7. The Balaban J connectivity index is 1.61. The van der Waals surface area contributed by atoms with Gasteiger partial charge in [0, 0.05) is 16.0 Å². The normalized spacial score (nSPS) is 21.1. The molecule has 192 valence electrons. The van der Waals surface area contributed by atoms with E-state index in [1.165, 1.54) is 17.0 Å². The number of hydrogen-bond acceptors (Lipinski definition) is 5. The lowest BCUT2D eigenvalue weighted by atomic mass is 10.0. The Morgan fingerprint density at radius 1 is 1.03 bits per heavy atom. The monoisotopic (exact) mass is 623 g/mol. The van der Waals surface area contributed by atoms with E-state index in [2.05, 4.69) is 22.6 Å². The Kier molecular flexibility index (Phi) is 6.85. The van der Waals surface area contributed by atoms with Gasteiger partial charge in [-0.25, -0.2) is 18.5 Å². The van der Waals surface area contributed by atoms with Crippen LogP contribution in [0.5, 0.6) is 0 Å². The summed E-state index contributed by atoms with van der Waals surface area (Å²) < 4.78 is 24.1. The van der Waals surface area contributed by atoms with Crippen molar-refractivity contribution >= 4 is 56.0 Å². The van der Waals surface area contributed by atoms with Crippen molar-refractivity contribution < 1.29 is 22.8 Å². The molecule has 1 heterocycles. The van der Waals surface area contributed by atoms with Crippen LogP contribution in [0, 0.1) is 20.3 Å². The number of anilines is 1. The predicted octanol–water partition coefficient (Wildman–Crippen LogP) is 3.32. The highest BCUT2D eigenvalue weighted by Gasteiger charge is 2.69. The summed E-state index contributed by atoms with van der Waals surface area (Å²) in [5, 5.41) is 5.18. The van der Waals surface area contributed by atoms with E-state index in [9.17, 15) is 22.8 Å². The van der Waals surface area contributed by atoms with Gasteiger partial charge in [-0.3, -0.25) is 14.4 Å². The molecule has 0 radical (unpaired) electrons. The maximum atomic E-state index is 13.8. The van der Waals surface area contributed by atoms with Crippen LogP contribution in [-0.4, -0.2) is 43.6 Å². The maximum absolute atomic E-state index is 13.8. The van der Waals surface area contributed by atoms with Gasteiger partial charge in [0.1, 0.15) is 6.04 Å². The minimum absolute atomic E-state index is 0.00499. The van der Waals surface area contributed by atoms with Gasteiger partial charge in [0.15, 0.2) is 0 Å². The van der Waals surface area contributed by atoms with E-state index in [1.807, 2.05) is 39.8 Å². The molecule has 2 fully saturated rings.